The first kappa shape index (κ1) is 37.9. The Morgan fingerprint density at radius 3 is 1.77 bits per heavy atom. The Bertz CT molecular complexity index is 1820. The van der Waals surface area contributed by atoms with Gasteiger partial charge in [0.25, 0.3) is 0 Å². The van der Waals surface area contributed by atoms with Gasteiger partial charge in [0.1, 0.15) is 23.9 Å². The zero-order valence-corrected chi connectivity index (χ0v) is 31.4. The summed E-state index contributed by atoms with van der Waals surface area (Å²) in [5.74, 6) is 2.66. The molecule has 0 aromatic heterocycles. The summed E-state index contributed by atoms with van der Waals surface area (Å²) in [7, 11) is 0. The first-order chi connectivity index (χ1) is 26.1. The number of unbranched alkanes of at least 4 members (excludes halogenated alkanes) is 6. The van der Waals surface area contributed by atoms with Crippen molar-refractivity contribution in [1.29, 1.82) is 0 Å². The lowest BCUT2D eigenvalue weighted by atomic mass is 9.76. The third-order valence-electron chi connectivity index (χ3n) is 10.4. The van der Waals surface area contributed by atoms with Crippen LogP contribution in [0.4, 0.5) is 0 Å². The number of fused-ring (bicyclic) bond motifs is 4. The van der Waals surface area contributed by atoms with Gasteiger partial charge in [-0.2, -0.15) is 4.89 Å². The summed E-state index contributed by atoms with van der Waals surface area (Å²) >= 11 is 0. The van der Waals surface area contributed by atoms with E-state index in [-0.39, 0.29) is 5.41 Å². The third kappa shape index (κ3) is 10.00. The van der Waals surface area contributed by atoms with Crippen LogP contribution in [0.1, 0.15) is 111 Å². The van der Waals surface area contributed by atoms with E-state index in [4.69, 9.17) is 24.0 Å². The second-order valence-corrected chi connectivity index (χ2v) is 14.1. The molecule has 0 amide bonds. The Hall–Kier alpha value is -4.81. The van der Waals surface area contributed by atoms with Crippen LogP contribution in [0.25, 0.3) is 12.2 Å². The zero-order chi connectivity index (χ0) is 36.7. The van der Waals surface area contributed by atoms with Crippen molar-refractivity contribution in [2.24, 2.45) is 0 Å². The zero-order valence-electron chi connectivity index (χ0n) is 31.4. The van der Waals surface area contributed by atoms with E-state index in [0.29, 0.717) is 12.4 Å². The monoisotopic (exact) mass is 714 g/mol. The maximum absolute atomic E-state index is 13.2. The number of aryl methyl sites for hydroxylation is 2. The summed E-state index contributed by atoms with van der Waals surface area (Å²) in [4.78, 5) is 25.0. The Balaban J connectivity index is 1.06. The molecule has 6 nitrogen and oxygen atoms in total. The minimum Gasteiger partial charge on any atom is -0.494 e. The molecule has 6 rings (SSSR count). The molecule has 0 saturated carbocycles. The Kier molecular flexibility index (Phi) is 13.8. The number of rotatable bonds is 20. The van der Waals surface area contributed by atoms with E-state index < -0.39 is 5.97 Å². The lowest BCUT2D eigenvalue weighted by molar-refractivity contribution is -0.196. The van der Waals surface area contributed by atoms with Crippen LogP contribution in [0, 0.1) is 0 Å². The number of hydrogen-bond donors (Lipinski definition) is 0. The molecule has 2 aliphatic carbocycles. The van der Waals surface area contributed by atoms with Gasteiger partial charge in [0.05, 0.1) is 13.2 Å². The van der Waals surface area contributed by atoms with Crippen LogP contribution in [-0.4, -0.2) is 25.8 Å². The number of hydrogen-bond acceptors (Lipinski definition) is 6. The van der Waals surface area contributed by atoms with Gasteiger partial charge >= 0.3 is 5.97 Å². The number of benzene rings is 4. The molecule has 0 bridgehead atoms. The van der Waals surface area contributed by atoms with E-state index in [0.717, 1.165) is 91.2 Å². The lowest BCUT2D eigenvalue weighted by Gasteiger charge is -2.29. The predicted molar refractivity (Wildman–Crippen MR) is 213 cm³/mol. The highest BCUT2D eigenvalue weighted by atomic mass is 17.2. The average molecular weight is 715 g/mol. The van der Waals surface area contributed by atoms with E-state index in [1.165, 1.54) is 55.7 Å². The van der Waals surface area contributed by atoms with E-state index >= 15 is 0 Å². The van der Waals surface area contributed by atoms with Crippen molar-refractivity contribution in [2.45, 2.75) is 96.3 Å². The highest BCUT2D eigenvalue weighted by Gasteiger charge is 2.48. The second kappa shape index (κ2) is 19.3. The second-order valence-electron chi connectivity index (χ2n) is 14.1. The summed E-state index contributed by atoms with van der Waals surface area (Å²) in [5.41, 5.74) is 6.35. The molecule has 0 saturated heterocycles. The quantitative estimate of drug-likeness (QED) is 0.0227. The Morgan fingerprint density at radius 2 is 1.19 bits per heavy atom. The van der Waals surface area contributed by atoms with Gasteiger partial charge in [-0.05, 0) is 103 Å². The first-order valence-corrected chi connectivity index (χ1v) is 19.7. The lowest BCUT2D eigenvalue weighted by Crippen LogP contribution is -2.24. The fourth-order valence-electron chi connectivity index (χ4n) is 7.67. The molecule has 0 heterocycles. The van der Waals surface area contributed by atoms with Crippen molar-refractivity contribution in [1.82, 2.24) is 0 Å². The molecule has 0 N–H and O–H groups in total. The smallest absolute Gasteiger partial charge is 0.336 e. The molecule has 53 heavy (non-hydrogen) atoms. The molecule has 4 aromatic rings. The van der Waals surface area contributed by atoms with Crippen LogP contribution in [0.5, 0.6) is 23.0 Å². The van der Waals surface area contributed by atoms with Crippen LogP contribution in [0.2, 0.25) is 0 Å². The minimum absolute atomic E-state index is 0.299. The number of ether oxygens (including phenoxy) is 3. The van der Waals surface area contributed by atoms with Crippen LogP contribution < -0.4 is 19.1 Å². The van der Waals surface area contributed by atoms with Crippen molar-refractivity contribution in [3.63, 3.8) is 0 Å². The summed E-state index contributed by atoms with van der Waals surface area (Å²) in [5, 5.41) is 0. The highest BCUT2D eigenvalue weighted by Crippen LogP contribution is 2.57. The van der Waals surface area contributed by atoms with E-state index in [2.05, 4.69) is 26.0 Å². The van der Waals surface area contributed by atoms with Crippen LogP contribution in [-0.2, 0) is 27.9 Å². The highest BCUT2D eigenvalue weighted by molar-refractivity contribution is 5.89. The molecular weight excluding hydrogens is 661 g/mol. The van der Waals surface area contributed by atoms with E-state index in [9.17, 15) is 4.79 Å². The normalized spacial score (nSPS) is 16.0. The van der Waals surface area contributed by atoms with Gasteiger partial charge in [-0.15, -0.1) is 0 Å². The largest absolute Gasteiger partial charge is 0.494 e. The van der Waals surface area contributed by atoms with Crippen LogP contribution in [0.3, 0.4) is 0 Å². The fourth-order valence-corrected chi connectivity index (χ4v) is 7.67. The summed E-state index contributed by atoms with van der Waals surface area (Å²) < 4.78 is 17.8. The van der Waals surface area contributed by atoms with Crippen molar-refractivity contribution in [3.8, 4) is 23.0 Å². The molecule has 1 unspecified atom stereocenters. The van der Waals surface area contributed by atoms with Gasteiger partial charge in [0.15, 0.2) is 5.75 Å². The molecule has 2 aliphatic rings. The predicted octanol–water partition coefficient (Wildman–Crippen LogP) is 11.4. The van der Waals surface area contributed by atoms with Crippen molar-refractivity contribution in [3.05, 3.63) is 130 Å². The number of carbonyl (C=O) groups is 1. The van der Waals surface area contributed by atoms with Gasteiger partial charge in [-0.25, -0.2) is 4.79 Å². The van der Waals surface area contributed by atoms with Crippen LogP contribution >= 0.6 is 0 Å². The molecule has 6 heteroatoms. The molecular formula is C47H54O6. The summed E-state index contributed by atoms with van der Waals surface area (Å²) in [6.07, 6.45) is 20.4. The maximum Gasteiger partial charge on any atom is 0.336 e. The van der Waals surface area contributed by atoms with Crippen molar-refractivity contribution < 1.29 is 28.8 Å². The topological polar surface area (TPSA) is 63.2 Å². The average Bonchev–Trinajstić information content (AvgIpc) is 3.76. The van der Waals surface area contributed by atoms with Gasteiger partial charge in [0, 0.05) is 22.6 Å². The first-order valence-electron chi connectivity index (χ1n) is 19.7. The number of esters is 1. The SMILES string of the molecule is CCCCCCOc1ccc(C=CCOOc2cccc3c2C2(CC3)CCc3cccc(OC(=O)C=Cc4ccc(OCCCCCC)cc4)c32)cc1. The summed E-state index contributed by atoms with van der Waals surface area (Å²) in [6, 6.07) is 28.2. The Labute approximate surface area is 315 Å². The molecule has 1 atom stereocenters. The van der Waals surface area contributed by atoms with Crippen molar-refractivity contribution >= 4 is 18.1 Å². The van der Waals surface area contributed by atoms with Gasteiger partial charge in [0.2, 0.25) is 0 Å². The molecule has 4 aromatic carbocycles. The van der Waals surface area contributed by atoms with Gasteiger partial charge in [-0.1, -0.05) is 113 Å². The molecule has 0 aliphatic heterocycles. The van der Waals surface area contributed by atoms with Crippen molar-refractivity contribution in [2.75, 3.05) is 19.8 Å². The molecule has 278 valence electrons. The van der Waals surface area contributed by atoms with Gasteiger partial charge < -0.3 is 19.1 Å². The molecule has 1 spiro atoms. The van der Waals surface area contributed by atoms with E-state index in [1.807, 2.05) is 84.9 Å². The molecule has 0 radical (unpaired) electrons. The fraction of sp³-hybridized carbons (Fsp3) is 0.383. The summed E-state index contributed by atoms with van der Waals surface area (Å²) in [6.45, 7) is 6.20. The third-order valence-corrected chi connectivity index (χ3v) is 10.4. The maximum atomic E-state index is 13.2. The number of carbonyl (C=O) groups excluding carboxylic acids is 1. The van der Waals surface area contributed by atoms with Gasteiger partial charge in [-0.3, -0.25) is 0 Å². The van der Waals surface area contributed by atoms with Crippen LogP contribution in [0.15, 0.2) is 97.1 Å². The Morgan fingerprint density at radius 1 is 0.642 bits per heavy atom. The van der Waals surface area contributed by atoms with E-state index in [1.54, 1.807) is 6.08 Å². The minimum atomic E-state index is -0.404. The molecule has 0 fully saturated rings. The standard InChI is InChI=1S/C47H54O6/c1-3-5-7-9-33-49-40-24-19-36(20-25-40)14-13-35-51-53-43-18-12-16-39-30-32-47(46(39)43)31-29-38-15-11-17-42(45(38)47)52-44(48)28-23-37-21-26-41(27-22-37)50-34-10-8-6-4-2/h11-28H,3-10,29-35H2,1-2H3.